The first kappa shape index (κ1) is 17.1. The SMILES string of the molecule is CCC(C)N(CC(=O)O)S(=O)(=O)c1ccc(Br)c(F)c1. The number of aliphatic carboxylic acids is 1. The Labute approximate surface area is 125 Å². The molecule has 0 spiro atoms. The van der Waals surface area contributed by atoms with E-state index < -0.39 is 34.4 Å². The Balaban J connectivity index is 3.28. The third-order valence-electron chi connectivity index (χ3n) is 2.87. The van der Waals surface area contributed by atoms with Gasteiger partial charge in [-0.25, -0.2) is 12.8 Å². The minimum atomic E-state index is -4.06. The summed E-state index contributed by atoms with van der Waals surface area (Å²) >= 11 is 2.94. The van der Waals surface area contributed by atoms with Crippen LogP contribution in [0.4, 0.5) is 4.39 Å². The minimum Gasteiger partial charge on any atom is -0.480 e. The van der Waals surface area contributed by atoms with Crippen molar-refractivity contribution in [1.29, 1.82) is 0 Å². The van der Waals surface area contributed by atoms with E-state index in [-0.39, 0.29) is 9.37 Å². The third kappa shape index (κ3) is 3.77. The van der Waals surface area contributed by atoms with Crippen LogP contribution in [0.2, 0.25) is 0 Å². The average Bonchev–Trinajstić information content (AvgIpc) is 2.37. The van der Waals surface area contributed by atoms with E-state index in [0.717, 1.165) is 10.4 Å². The Morgan fingerprint density at radius 3 is 2.55 bits per heavy atom. The summed E-state index contributed by atoms with van der Waals surface area (Å²) in [5.74, 6) is -1.98. The van der Waals surface area contributed by atoms with Crippen molar-refractivity contribution in [2.45, 2.75) is 31.2 Å². The Morgan fingerprint density at radius 1 is 1.50 bits per heavy atom. The van der Waals surface area contributed by atoms with Gasteiger partial charge in [0.1, 0.15) is 12.4 Å². The fourth-order valence-corrected chi connectivity index (χ4v) is 3.50. The molecule has 1 unspecified atom stereocenters. The predicted octanol–water partition coefficient (Wildman–Crippen LogP) is 2.46. The van der Waals surface area contributed by atoms with Crippen LogP contribution in [0, 0.1) is 5.82 Å². The first-order valence-electron chi connectivity index (χ1n) is 5.88. The standard InChI is InChI=1S/C12H15BrFNO4S/c1-3-8(2)15(7-12(16)17)20(18,19)9-4-5-10(13)11(14)6-9/h4-6,8H,3,7H2,1-2H3,(H,16,17). The summed E-state index contributed by atoms with van der Waals surface area (Å²) in [5.41, 5.74) is 0. The van der Waals surface area contributed by atoms with Crippen LogP contribution in [0.1, 0.15) is 20.3 Å². The molecule has 20 heavy (non-hydrogen) atoms. The first-order valence-corrected chi connectivity index (χ1v) is 8.12. The number of hydrogen-bond donors (Lipinski definition) is 1. The molecule has 0 aliphatic carbocycles. The molecule has 5 nitrogen and oxygen atoms in total. The summed E-state index contributed by atoms with van der Waals surface area (Å²) in [5, 5.41) is 8.85. The Bertz CT molecular complexity index is 605. The molecule has 0 aromatic heterocycles. The summed E-state index contributed by atoms with van der Waals surface area (Å²) in [6, 6.07) is 2.89. The lowest BCUT2D eigenvalue weighted by molar-refractivity contribution is -0.137. The minimum absolute atomic E-state index is 0.143. The topological polar surface area (TPSA) is 74.7 Å². The molecule has 1 atom stereocenters. The van der Waals surface area contributed by atoms with Crippen molar-refractivity contribution < 1.29 is 22.7 Å². The van der Waals surface area contributed by atoms with Gasteiger partial charge < -0.3 is 5.11 Å². The molecule has 0 radical (unpaired) electrons. The highest BCUT2D eigenvalue weighted by atomic mass is 79.9. The van der Waals surface area contributed by atoms with Crippen molar-refractivity contribution in [3.05, 3.63) is 28.5 Å². The fourth-order valence-electron chi connectivity index (χ4n) is 1.59. The monoisotopic (exact) mass is 367 g/mol. The maximum absolute atomic E-state index is 13.5. The van der Waals surface area contributed by atoms with Gasteiger partial charge in [-0.15, -0.1) is 0 Å². The largest absolute Gasteiger partial charge is 0.480 e. The highest BCUT2D eigenvalue weighted by Crippen LogP contribution is 2.23. The highest BCUT2D eigenvalue weighted by molar-refractivity contribution is 9.10. The molecule has 0 fully saturated rings. The van der Waals surface area contributed by atoms with E-state index in [9.17, 15) is 17.6 Å². The summed E-state index contributed by atoms with van der Waals surface area (Å²) in [6.07, 6.45) is 0.450. The molecular weight excluding hydrogens is 353 g/mol. The lowest BCUT2D eigenvalue weighted by Crippen LogP contribution is -2.41. The van der Waals surface area contributed by atoms with Gasteiger partial charge in [-0.05, 0) is 47.5 Å². The number of carboxylic acid groups (broad SMARTS) is 1. The number of rotatable bonds is 6. The molecule has 1 N–H and O–H groups in total. The van der Waals surface area contributed by atoms with Crippen molar-refractivity contribution >= 4 is 31.9 Å². The van der Waals surface area contributed by atoms with Crippen LogP contribution in [0.15, 0.2) is 27.6 Å². The van der Waals surface area contributed by atoms with Crippen molar-refractivity contribution in [3.63, 3.8) is 0 Å². The Hall–Kier alpha value is -0.990. The fraction of sp³-hybridized carbons (Fsp3) is 0.417. The number of sulfonamides is 1. The van der Waals surface area contributed by atoms with Crippen LogP contribution in [0.3, 0.4) is 0 Å². The van der Waals surface area contributed by atoms with Crippen LogP contribution < -0.4 is 0 Å². The predicted molar refractivity (Wildman–Crippen MR) is 75.4 cm³/mol. The molecule has 0 heterocycles. The molecule has 1 aromatic rings. The van der Waals surface area contributed by atoms with Gasteiger partial charge in [0.15, 0.2) is 0 Å². The molecule has 0 aliphatic heterocycles. The van der Waals surface area contributed by atoms with Gasteiger partial charge in [-0.1, -0.05) is 6.92 Å². The molecule has 0 amide bonds. The van der Waals surface area contributed by atoms with Crippen molar-refractivity contribution in [1.82, 2.24) is 4.31 Å². The lowest BCUT2D eigenvalue weighted by Gasteiger charge is -2.26. The van der Waals surface area contributed by atoms with E-state index in [2.05, 4.69) is 15.9 Å². The lowest BCUT2D eigenvalue weighted by atomic mass is 10.2. The van der Waals surface area contributed by atoms with Gasteiger partial charge in [0, 0.05) is 6.04 Å². The van der Waals surface area contributed by atoms with E-state index in [1.165, 1.54) is 12.1 Å². The van der Waals surface area contributed by atoms with Crippen LogP contribution in [-0.2, 0) is 14.8 Å². The number of carbonyl (C=O) groups is 1. The van der Waals surface area contributed by atoms with Gasteiger partial charge >= 0.3 is 5.97 Å². The van der Waals surface area contributed by atoms with Gasteiger partial charge in [-0.2, -0.15) is 4.31 Å². The Morgan fingerprint density at radius 2 is 2.10 bits per heavy atom. The first-order chi connectivity index (χ1) is 9.20. The van der Waals surface area contributed by atoms with Crippen LogP contribution in [0.5, 0.6) is 0 Å². The molecule has 1 rings (SSSR count). The smallest absolute Gasteiger partial charge is 0.318 e. The second-order valence-electron chi connectivity index (χ2n) is 4.28. The highest BCUT2D eigenvalue weighted by Gasteiger charge is 2.30. The van der Waals surface area contributed by atoms with E-state index >= 15 is 0 Å². The molecule has 0 saturated heterocycles. The zero-order valence-corrected chi connectivity index (χ0v) is 13.4. The molecule has 112 valence electrons. The summed E-state index contributed by atoms with van der Waals surface area (Å²) < 4.78 is 39.3. The van der Waals surface area contributed by atoms with E-state index in [4.69, 9.17) is 5.11 Å². The van der Waals surface area contributed by atoms with E-state index in [1.54, 1.807) is 13.8 Å². The zero-order valence-electron chi connectivity index (χ0n) is 11.0. The van der Waals surface area contributed by atoms with E-state index in [1.807, 2.05) is 0 Å². The van der Waals surface area contributed by atoms with Gasteiger partial charge in [-0.3, -0.25) is 4.79 Å². The molecule has 1 aromatic carbocycles. The van der Waals surface area contributed by atoms with E-state index in [0.29, 0.717) is 6.42 Å². The maximum atomic E-state index is 13.5. The molecule has 0 aliphatic rings. The van der Waals surface area contributed by atoms with Crippen molar-refractivity contribution in [2.24, 2.45) is 0 Å². The summed E-state index contributed by atoms with van der Waals surface area (Å²) in [6.45, 7) is 2.70. The normalized spacial score (nSPS) is 13.4. The number of halogens is 2. The molecular formula is C12H15BrFNO4S. The maximum Gasteiger partial charge on any atom is 0.318 e. The molecule has 0 bridgehead atoms. The molecule has 8 heteroatoms. The van der Waals surface area contributed by atoms with Crippen LogP contribution in [0.25, 0.3) is 0 Å². The second kappa shape index (κ2) is 6.64. The van der Waals surface area contributed by atoms with Gasteiger partial charge in [0.05, 0.1) is 9.37 Å². The number of benzene rings is 1. The van der Waals surface area contributed by atoms with Crippen LogP contribution in [-0.4, -0.2) is 36.4 Å². The van der Waals surface area contributed by atoms with Crippen molar-refractivity contribution in [2.75, 3.05) is 6.54 Å². The number of carboxylic acids is 1. The van der Waals surface area contributed by atoms with Gasteiger partial charge in [0.25, 0.3) is 0 Å². The number of nitrogens with zero attached hydrogens (tertiary/aromatic N) is 1. The van der Waals surface area contributed by atoms with Crippen LogP contribution >= 0.6 is 15.9 Å². The zero-order chi connectivity index (χ0) is 15.5. The summed E-state index contributed by atoms with van der Waals surface area (Å²) in [7, 11) is -4.06. The second-order valence-corrected chi connectivity index (χ2v) is 7.02. The quantitative estimate of drug-likeness (QED) is 0.837. The average molecular weight is 368 g/mol. The molecule has 0 saturated carbocycles. The van der Waals surface area contributed by atoms with Gasteiger partial charge in [0.2, 0.25) is 10.0 Å². The Kier molecular flexibility index (Phi) is 5.67. The summed E-state index contributed by atoms with van der Waals surface area (Å²) in [4.78, 5) is 10.6. The third-order valence-corrected chi connectivity index (χ3v) is 5.47. The number of hydrogen-bond acceptors (Lipinski definition) is 3. The van der Waals surface area contributed by atoms with Crippen molar-refractivity contribution in [3.8, 4) is 0 Å².